The van der Waals surface area contributed by atoms with E-state index in [1.54, 1.807) is 14.2 Å². The maximum Gasteiger partial charge on any atom is 0.134 e. The van der Waals surface area contributed by atoms with E-state index >= 15 is 0 Å². The van der Waals surface area contributed by atoms with Gasteiger partial charge in [0.15, 0.2) is 0 Å². The standard InChI is InChI=1S/C4H10O2Si/c1-5-4(6-2)7-3/h3-4H,7H2,1-2H3. The van der Waals surface area contributed by atoms with Crippen LogP contribution < -0.4 is 0 Å². The van der Waals surface area contributed by atoms with Gasteiger partial charge in [-0.3, -0.25) is 0 Å². The zero-order valence-corrected chi connectivity index (χ0v) is 6.09. The van der Waals surface area contributed by atoms with Crippen molar-refractivity contribution in [3.63, 3.8) is 0 Å². The van der Waals surface area contributed by atoms with E-state index in [2.05, 4.69) is 0 Å². The van der Waals surface area contributed by atoms with E-state index < -0.39 is 9.52 Å². The Balaban J connectivity index is 2.99. The van der Waals surface area contributed by atoms with Crippen LogP contribution in [0.25, 0.3) is 0 Å². The molecule has 0 aromatic heterocycles. The molecule has 2 nitrogen and oxygen atoms in total. The molecule has 0 aromatic rings. The van der Waals surface area contributed by atoms with E-state index in [9.17, 15) is 0 Å². The Morgan fingerprint density at radius 1 is 1.43 bits per heavy atom. The lowest BCUT2D eigenvalue weighted by Gasteiger charge is -2.07. The van der Waals surface area contributed by atoms with Crippen LogP contribution in [0.4, 0.5) is 0 Å². The average molecular weight is 118 g/mol. The Morgan fingerprint density at radius 3 is 1.86 bits per heavy atom. The Morgan fingerprint density at radius 2 is 1.86 bits per heavy atom. The molecule has 0 spiro atoms. The molecule has 0 aliphatic rings. The van der Waals surface area contributed by atoms with Crippen molar-refractivity contribution in [2.24, 2.45) is 0 Å². The van der Waals surface area contributed by atoms with Crippen molar-refractivity contribution in [3.05, 3.63) is 6.55 Å². The van der Waals surface area contributed by atoms with Gasteiger partial charge in [0.2, 0.25) is 0 Å². The van der Waals surface area contributed by atoms with Gasteiger partial charge in [-0.15, -0.1) is 0 Å². The van der Waals surface area contributed by atoms with Gasteiger partial charge in [0, 0.05) is 14.2 Å². The summed E-state index contributed by atoms with van der Waals surface area (Å²) in [6.07, 6.45) is 0. The molecule has 7 heavy (non-hydrogen) atoms. The van der Waals surface area contributed by atoms with Crippen molar-refractivity contribution in [2.75, 3.05) is 14.2 Å². The third kappa shape index (κ3) is 2.79. The molecular weight excluding hydrogens is 108 g/mol. The molecule has 3 heteroatoms. The maximum atomic E-state index is 5.28. The van der Waals surface area contributed by atoms with E-state index in [0.29, 0.717) is 0 Å². The van der Waals surface area contributed by atoms with Gasteiger partial charge in [0.1, 0.15) is 5.91 Å². The van der Waals surface area contributed by atoms with Gasteiger partial charge < -0.3 is 9.47 Å². The summed E-state index contributed by atoms with van der Waals surface area (Å²) in [4.78, 5) is 0. The molecule has 0 bridgehead atoms. The monoisotopic (exact) mass is 118 g/mol. The second-order valence-corrected chi connectivity index (χ2v) is 2.27. The molecular formula is C4H10O2Si. The van der Waals surface area contributed by atoms with Crippen LogP contribution in [0.3, 0.4) is 0 Å². The molecule has 0 aliphatic carbocycles. The molecule has 0 saturated carbocycles. The molecule has 0 saturated heterocycles. The summed E-state index contributed by atoms with van der Waals surface area (Å²) in [7, 11) is 2.57. The highest BCUT2D eigenvalue weighted by Crippen LogP contribution is 1.83. The Hall–Kier alpha value is 0.137. The lowest BCUT2D eigenvalue weighted by Crippen LogP contribution is -2.18. The van der Waals surface area contributed by atoms with Gasteiger partial charge >= 0.3 is 0 Å². The van der Waals surface area contributed by atoms with Gasteiger partial charge in [-0.05, 0) is 6.55 Å². The predicted octanol–water partition coefficient (Wildman–Crippen LogP) is -0.600. The highest BCUT2D eigenvalue weighted by atomic mass is 28.2. The minimum Gasteiger partial charge on any atom is -0.360 e. The van der Waals surface area contributed by atoms with E-state index in [0.717, 1.165) is 0 Å². The second-order valence-electron chi connectivity index (χ2n) is 1.14. The summed E-state index contributed by atoms with van der Waals surface area (Å²) in [5.74, 6) is -0.0972. The molecule has 0 N–H and O–H groups in total. The molecule has 0 atom stereocenters. The largest absolute Gasteiger partial charge is 0.360 e. The number of hydrogen-bond donors (Lipinski definition) is 0. The Bertz CT molecular complexity index is 31.2. The van der Waals surface area contributed by atoms with Gasteiger partial charge in [-0.1, -0.05) is 0 Å². The van der Waals surface area contributed by atoms with Crippen LogP contribution in [-0.2, 0) is 9.47 Å². The molecule has 42 valence electrons. The fourth-order valence-corrected chi connectivity index (χ4v) is 0.674. The lowest BCUT2D eigenvalue weighted by molar-refractivity contribution is -0.0431. The molecule has 0 aliphatic heterocycles. The fraction of sp³-hybridized carbons (Fsp3) is 0.750. The summed E-state index contributed by atoms with van der Waals surface area (Å²) >= 11 is 0. The van der Waals surface area contributed by atoms with Crippen molar-refractivity contribution in [1.82, 2.24) is 0 Å². The minimum absolute atomic E-state index is 0.0972. The maximum absolute atomic E-state index is 5.28. The average Bonchev–Trinajstić information content (AvgIpc) is 1.72. The van der Waals surface area contributed by atoms with Crippen LogP contribution >= 0.6 is 0 Å². The van der Waals surface area contributed by atoms with Crippen LogP contribution in [0.1, 0.15) is 0 Å². The van der Waals surface area contributed by atoms with Gasteiger partial charge in [-0.2, -0.15) is 0 Å². The summed E-state index contributed by atoms with van der Waals surface area (Å²) in [6.45, 7) is 5.28. The first kappa shape index (κ1) is 7.14. The van der Waals surface area contributed by atoms with Crippen LogP contribution in [-0.4, -0.2) is 29.7 Å². The molecule has 0 heterocycles. The SMILES string of the molecule is [CH][SiH2]C(OC)OC. The van der Waals surface area contributed by atoms with Crippen LogP contribution in [0.2, 0.25) is 0 Å². The van der Waals surface area contributed by atoms with Gasteiger partial charge in [-0.25, -0.2) is 0 Å². The third-order valence-electron chi connectivity index (χ3n) is 0.718. The highest BCUT2D eigenvalue weighted by Gasteiger charge is 1.97. The smallest absolute Gasteiger partial charge is 0.134 e. The predicted molar refractivity (Wildman–Crippen MR) is 30.6 cm³/mol. The third-order valence-corrected chi connectivity index (χ3v) is 1.77. The Kier molecular flexibility index (Phi) is 4.38. The second kappa shape index (κ2) is 4.30. The van der Waals surface area contributed by atoms with E-state index in [-0.39, 0.29) is 5.91 Å². The molecule has 0 amide bonds. The number of methoxy groups -OCH3 is 2. The Labute approximate surface area is 46.6 Å². The van der Waals surface area contributed by atoms with E-state index in [4.69, 9.17) is 16.0 Å². The van der Waals surface area contributed by atoms with Crippen LogP contribution in [0.15, 0.2) is 0 Å². The normalized spacial score (nSPS) is 12.0. The summed E-state index contributed by atoms with van der Waals surface area (Å²) in [5.41, 5.74) is 0. The topological polar surface area (TPSA) is 18.5 Å². The van der Waals surface area contributed by atoms with Gasteiger partial charge in [0.05, 0.1) is 9.52 Å². The number of hydrogen-bond acceptors (Lipinski definition) is 2. The quantitative estimate of drug-likeness (QED) is 0.364. The first-order chi connectivity index (χ1) is 3.35. The highest BCUT2D eigenvalue weighted by molar-refractivity contribution is 6.38. The molecule has 2 radical (unpaired) electrons. The minimum atomic E-state index is -0.617. The zero-order valence-electron chi connectivity index (χ0n) is 4.68. The fourth-order valence-electron chi connectivity index (χ4n) is 0.289. The summed E-state index contributed by atoms with van der Waals surface area (Å²) in [5, 5.41) is 0. The summed E-state index contributed by atoms with van der Waals surface area (Å²) in [6, 6.07) is 0. The number of rotatable bonds is 3. The zero-order chi connectivity index (χ0) is 5.70. The summed E-state index contributed by atoms with van der Waals surface area (Å²) < 4.78 is 9.53. The van der Waals surface area contributed by atoms with E-state index in [1.165, 1.54) is 0 Å². The van der Waals surface area contributed by atoms with Crippen molar-refractivity contribution < 1.29 is 9.47 Å². The van der Waals surface area contributed by atoms with Crippen molar-refractivity contribution >= 4 is 9.52 Å². The molecule has 0 rings (SSSR count). The molecule has 0 unspecified atom stereocenters. The van der Waals surface area contributed by atoms with E-state index in [1.807, 2.05) is 0 Å². The van der Waals surface area contributed by atoms with Crippen molar-refractivity contribution in [1.29, 1.82) is 0 Å². The lowest BCUT2D eigenvalue weighted by atomic mass is 11.3. The van der Waals surface area contributed by atoms with Crippen molar-refractivity contribution in [2.45, 2.75) is 5.91 Å². The van der Waals surface area contributed by atoms with Crippen LogP contribution in [0.5, 0.6) is 0 Å². The van der Waals surface area contributed by atoms with Gasteiger partial charge in [0.25, 0.3) is 0 Å². The molecule has 0 aromatic carbocycles. The van der Waals surface area contributed by atoms with Crippen molar-refractivity contribution in [3.8, 4) is 0 Å². The first-order valence-corrected chi connectivity index (χ1v) is 3.74. The molecule has 0 fully saturated rings. The van der Waals surface area contributed by atoms with Crippen LogP contribution in [0, 0.1) is 6.55 Å². The first-order valence-electron chi connectivity index (χ1n) is 2.10. The number of ether oxygens (including phenoxy) is 2.